The smallest absolute Gasteiger partial charge is 0.335 e. The lowest BCUT2D eigenvalue weighted by Crippen LogP contribution is -2.24. The lowest BCUT2D eigenvalue weighted by molar-refractivity contribution is 0.0697. The second-order valence-corrected chi connectivity index (χ2v) is 4.82. The summed E-state index contributed by atoms with van der Waals surface area (Å²) in [5, 5.41) is 18.5. The fraction of sp³-hybridized carbons (Fsp3) is 0.214. The van der Waals surface area contributed by atoms with E-state index in [1.54, 1.807) is 28.9 Å². The van der Waals surface area contributed by atoms with Crippen LogP contribution in [0.5, 0.6) is 0 Å². The fourth-order valence-electron chi connectivity index (χ4n) is 2.41. The first-order chi connectivity index (χ1) is 10.6. The molecule has 22 heavy (non-hydrogen) atoms. The molecule has 114 valence electrons. The zero-order valence-electron chi connectivity index (χ0n) is 11.9. The van der Waals surface area contributed by atoms with E-state index in [0.29, 0.717) is 18.9 Å². The first-order valence-electron chi connectivity index (χ1n) is 6.76. The second kappa shape index (κ2) is 5.40. The predicted octanol–water partition coefficient (Wildman–Crippen LogP) is 1.48. The predicted molar refractivity (Wildman–Crippen MR) is 80.7 cm³/mol. The Morgan fingerprint density at radius 1 is 1.27 bits per heavy atom. The van der Waals surface area contributed by atoms with Gasteiger partial charge in [0.05, 0.1) is 12.1 Å². The van der Waals surface area contributed by atoms with Crippen molar-refractivity contribution in [3.63, 3.8) is 0 Å². The number of carbonyl (C=O) groups is 2. The zero-order valence-corrected chi connectivity index (χ0v) is 11.9. The maximum atomic E-state index is 11.3. The number of nitrogens with zero attached hydrogens (tertiary/aromatic N) is 3. The quantitative estimate of drug-likeness (QED) is 0.797. The minimum absolute atomic E-state index is 0.235. The summed E-state index contributed by atoms with van der Waals surface area (Å²) >= 11 is 0. The molecular formula is C14H15N5O3. The molecule has 2 aromatic rings. The van der Waals surface area contributed by atoms with Gasteiger partial charge in [-0.1, -0.05) is 6.07 Å². The SMILES string of the molecule is CNC(=O)Nc1cc2n(n1)CCN2c1cccc(C(=O)O)c1. The molecule has 0 bridgehead atoms. The minimum atomic E-state index is -0.962. The normalized spacial score (nSPS) is 12.9. The number of aromatic carboxylic acids is 1. The lowest BCUT2D eigenvalue weighted by Gasteiger charge is -2.17. The maximum absolute atomic E-state index is 11.3. The number of anilines is 3. The van der Waals surface area contributed by atoms with E-state index in [4.69, 9.17) is 5.11 Å². The molecule has 1 aliphatic rings. The van der Waals surface area contributed by atoms with E-state index in [1.807, 2.05) is 11.0 Å². The largest absolute Gasteiger partial charge is 0.478 e. The Bertz CT molecular complexity index is 740. The summed E-state index contributed by atoms with van der Waals surface area (Å²) in [6, 6.07) is 8.16. The number of carboxylic acid groups (broad SMARTS) is 1. The Balaban J connectivity index is 1.89. The van der Waals surface area contributed by atoms with Gasteiger partial charge in [0.1, 0.15) is 5.82 Å². The Morgan fingerprint density at radius 3 is 2.82 bits per heavy atom. The molecule has 8 nitrogen and oxygen atoms in total. The molecule has 0 radical (unpaired) electrons. The van der Waals surface area contributed by atoms with Gasteiger partial charge in [-0.3, -0.25) is 5.32 Å². The van der Waals surface area contributed by atoms with Crippen LogP contribution in [-0.2, 0) is 6.54 Å². The van der Waals surface area contributed by atoms with Gasteiger partial charge in [-0.15, -0.1) is 0 Å². The molecule has 2 heterocycles. The highest BCUT2D eigenvalue weighted by Crippen LogP contribution is 2.32. The third-order valence-electron chi connectivity index (χ3n) is 3.44. The molecule has 1 aromatic heterocycles. The highest BCUT2D eigenvalue weighted by molar-refractivity contribution is 5.90. The number of hydrogen-bond donors (Lipinski definition) is 3. The van der Waals surface area contributed by atoms with Crippen LogP contribution < -0.4 is 15.5 Å². The molecule has 3 N–H and O–H groups in total. The Kier molecular flexibility index (Phi) is 3.42. The molecule has 0 saturated carbocycles. The van der Waals surface area contributed by atoms with Crippen molar-refractivity contribution < 1.29 is 14.7 Å². The third kappa shape index (κ3) is 2.46. The summed E-state index contributed by atoms with van der Waals surface area (Å²) < 4.78 is 1.78. The van der Waals surface area contributed by atoms with Gasteiger partial charge in [0, 0.05) is 25.3 Å². The van der Waals surface area contributed by atoms with Crippen LogP contribution in [0.25, 0.3) is 0 Å². The topological polar surface area (TPSA) is 99.5 Å². The standard InChI is InChI=1S/C14H15N5O3/c1-15-14(22)16-11-8-12-18(5-6-19(12)17-11)10-4-2-3-9(7-10)13(20)21/h2-4,7-8H,5-6H2,1H3,(H,20,21)(H2,15,16,17,22). The van der Waals surface area contributed by atoms with Crippen LogP contribution in [-0.4, -0.2) is 40.5 Å². The van der Waals surface area contributed by atoms with Crippen LogP contribution in [0.2, 0.25) is 0 Å². The minimum Gasteiger partial charge on any atom is -0.478 e. The number of nitrogens with one attached hydrogen (secondary N) is 2. The van der Waals surface area contributed by atoms with E-state index >= 15 is 0 Å². The van der Waals surface area contributed by atoms with Crippen molar-refractivity contribution >= 4 is 29.3 Å². The highest BCUT2D eigenvalue weighted by atomic mass is 16.4. The van der Waals surface area contributed by atoms with Crippen LogP contribution >= 0.6 is 0 Å². The highest BCUT2D eigenvalue weighted by Gasteiger charge is 2.23. The second-order valence-electron chi connectivity index (χ2n) is 4.82. The number of aromatic nitrogens is 2. The first-order valence-corrected chi connectivity index (χ1v) is 6.76. The molecule has 1 aliphatic heterocycles. The molecule has 1 aromatic carbocycles. The van der Waals surface area contributed by atoms with Crippen molar-refractivity contribution in [2.45, 2.75) is 6.54 Å². The molecule has 0 unspecified atom stereocenters. The molecule has 8 heteroatoms. The summed E-state index contributed by atoms with van der Waals surface area (Å²) in [5.74, 6) is 0.305. The van der Waals surface area contributed by atoms with Gasteiger partial charge in [-0.05, 0) is 18.2 Å². The van der Waals surface area contributed by atoms with Gasteiger partial charge in [-0.2, -0.15) is 5.10 Å². The summed E-state index contributed by atoms with van der Waals surface area (Å²) in [5.41, 5.74) is 1.02. The molecule has 2 amide bonds. The summed E-state index contributed by atoms with van der Waals surface area (Å²) in [6.45, 7) is 1.37. The van der Waals surface area contributed by atoms with Crippen molar-refractivity contribution in [1.82, 2.24) is 15.1 Å². The number of amides is 2. The number of rotatable bonds is 3. The fourth-order valence-corrected chi connectivity index (χ4v) is 2.41. The Hall–Kier alpha value is -3.03. The van der Waals surface area contributed by atoms with Crippen molar-refractivity contribution in [3.8, 4) is 0 Å². The molecular weight excluding hydrogens is 286 g/mol. The summed E-state index contributed by atoms with van der Waals surface area (Å²) in [6.07, 6.45) is 0. The number of benzene rings is 1. The summed E-state index contributed by atoms with van der Waals surface area (Å²) in [4.78, 5) is 24.4. The average molecular weight is 301 g/mol. The van der Waals surface area contributed by atoms with Gasteiger partial charge in [0.25, 0.3) is 0 Å². The maximum Gasteiger partial charge on any atom is 0.335 e. The van der Waals surface area contributed by atoms with Crippen LogP contribution in [0.15, 0.2) is 30.3 Å². The van der Waals surface area contributed by atoms with E-state index in [0.717, 1.165) is 11.5 Å². The number of fused-ring (bicyclic) bond motifs is 1. The van der Waals surface area contributed by atoms with E-state index in [2.05, 4.69) is 15.7 Å². The summed E-state index contributed by atoms with van der Waals surface area (Å²) in [7, 11) is 1.53. The van der Waals surface area contributed by atoms with Gasteiger partial charge in [-0.25, -0.2) is 14.3 Å². The van der Waals surface area contributed by atoms with Crippen LogP contribution in [0.3, 0.4) is 0 Å². The van der Waals surface area contributed by atoms with E-state index < -0.39 is 5.97 Å². The van der Waals surface area contributed by atoms with Crippen LogP contribution in [0.1, 0.15) is 10.4 Å². The van der Waals surface area contributed by atoms with E-state index in [9.17, 15) is 9.59 Å². The van der Waals surface area contributed by atoms with Gasteiger partial charge >= 0.3 is 12.0 Å². The van der Waals surface area contributed by atoms with E-state index in [-0.39, 0.29) is 11.6 Å². The van der Waals surface area contributed by atoms with E-state index in [1.165, 1.54) is 7.05 Å². The van der Waals surface area contributed by atoms with Crippen molar-refractivity contribution in [3.05, 3.63) is 35.9 Å². The average Bonchev–Trinajstić information content (AvgIpc) is 3.06. The van der Waals surface area contributed by atoms with Gasteiger partial charge < -0.3 is 15.3 Å². The zero-order chi connectivity index (χ0) is 15.7. The number of urea groups is 1. The van der Waals surface area contributed by atoms with Crippen molar-refractivity contribution in [1.29, 1.82) is 0 Å². The molecule has 0 spiro atoms. The van der Waals surface area contributed by atoms with Crippen LogP contribution in [0.4, 0.5) is 22.1 Å². The Morgan fingerprint density at radius 2 is 2.09 bits per heavy atom. The number of carboxylic acids is 1. The van der Waals surface area contributed by atoms with Gasteiger partial charge in [0.2, 0.25) is 0 Å². The Labute approximate surface area is 126 Å². The number of carbonyl (C=O) groups excluding carboxylic acids is 1. The van der Waals surface area contributed by atoms with Crippen molar-refractivity contribution in [2.75, 3.05) is 23.8 Å². The molecule has 0 atom stereocenters. The molecule has 0 fully saturated rings. The molecule has 0 aliphatic carbocycles. The monoisotopic (exact) mass is 301 g/mol. The van der Waals surface area contributed by atoms with Gasteiger partial charge in [0.15, 0.2) is 5.82 Å². The first kappa shape index (κ1) is 13.9. The van der Waals surface area contributed by atoms with Crippen molar-refractivity contribution in [2.24, 2.45) is 0 Å². The third-order valence-corrected chi connectivity index (χ3v) is 3.44. The lowest BCUT2D eigenvalue weighted by atomic mass is 10.2. The number of hydrogen-bond acceptors (Lipinski definition) is 4. The molecule has 3 rings (SSSR count). The van der Waals surface area contributed by atoms with Crippen LogP contribution in [0, 0.1) is 0 Å². The molecule has 0 saturated heterocycles.